The summed E-state index contributed by atoms with van der Waals surface area (Å²) >= 11 is 5.58. The first kappa shape index (κ1) is 12.9. The Morgan fingerprint density at radius 1 is 1.50 bits per heavy atom. The standard InChI is InChI=1S/C10H10ClF2NO2/c1-5(15)4-14-10(16)6-2-8(12)9(13)3-7(6)11/h2-3,5,15H,4H2,1H3,(H,14,16). The Balaban J connectivity index is 2.87. The van der Waals surface area contributed by atoms with Gasteiger partial charge in [0, 0.05) is 6.54 Å². The average molecular weight is 250 g/mol. The molecule has 0 aliphatic carbocycles. The van der Waals surface area contributed by atoms with Crippen molar-refractivity contribution in [3.8, 4) is 0 Å². The SMILES string of the molecule is CC(O)CNC(=O)c1cc(F)c(F)cc1Cl. The molecule has 1 aromatic rings. The number of nitrogens with one attached hydrogen (secondary N) is 1. The van der Waals surface area contributed by atoms with E-state index in [4.69, 9.17) is 16.7 Å². The third-order valence-corrected chi connectivity index (χ3v) is 2.13. The molecule has 0 aromatic heterocycles. The van der Waals surface area contributed by atoms with Crippen LogP contribution in [0.4, 0.5) is 8.78 Å². The van der Waals surface area contributed by atoms with Crippen LogP contribution in [0.5, 0.6) is 0 Å². The number of aliphatic hydroxyl groups is 1. The number of amides is 1. The number of hydrogen-bond acceptors (Lipinski definition) is 2. The van der Waals surface area contributed by atoms with Gasteiger partial charge in [-0.3, -0.25) is 4.79 Å². The highest BCUT2D eigenvalue weighted by atomic mass is 35.5. The maximum atomic E-state index is 12.9. The number of hydrogen-bond donors (Lipinski definition) is 2. The van der Waals surface area contributed by atoms with Crippen LogP contribution >= 0.6 is 11.6 Å². The van der Waals surface area contributed by atoms with Crippen LogP contribution in [0.3, 0.4) is 0 Å². The van der Waals surface area contributed by atoms with Crippen LogP contribution in [-0.4, -0.2) is 23.7 Å². The van der Waals surface area contributed by atoms with Gasteiger partial charge in [0.1, 0.15) is 0 Å². The molecule has 0 saturated heterocycles. The predicted molar refractivity (Wildman–Crippen MR) is 55.4 cm³/mol. The second-order valence-electron chi connectivity index (χ2n) is 3.31. The van der Waals surface area contributed by atoms with E-state index in [9.17, 15) is 13.6 Å². The van der Waals surface area contributed by atoms with Crippen molar-refractivity contribution in [1.82, 2.24) is 5.32 Å². The van der Waals surface area contributed by atoms with E-state index in [1.54, 1.807) is 0 Å². The predicted octanol–water partition coefficient (Wildman–Crippen LogP) is 1.73. The molecule has 0 saturated carbocycles. The highest BCUT2D eigenvalue weighted by Gasteiger charge is 2.14. The lowest BCUT2D eigenvalue weighted by molar-refractivity contribution is 0.0923. The molecule has 3 nitrogen and oxygen atoms in total. The fraction of sp³-hybridized carbons (Fsp3) is 0.300. The van der Waals surface area contributed by atoms with Crippen LogP contribution in [0, 0.1) is 11.6 Å². The highest BCUT2D eigenvalue weighted by Crippen LogP contribution is 2.19. The van der Waals surface area contributed by atoms with E-state index in [-0.39, 0.29) is 17.1 Å². The summed E-state index contributed by atoms with van der Waals surface area (Å²) in [5.74, 6) is -2.92. The molecule has 2 N–H and O–H groups in total. The fourth-order valence-electron chi connectivity index (χ4n) is 1.03. The molecule has 0 radical (unpaired) electrons. The molecule has 1 unspecified atom stereocenters. The van der Waals surface area contributed by atoms with Gasteiger partial charge in [-0.25, -0.2) is 8.78 Å². The summed E-state index contributed by atoms with van der Waals surface area (Å²) in [4.78, 5) is 11.4. The number of aliphatic hydroxyl groups excluding tert-OH is 1. The number of carbonyl (C=O) groups excluding carboxylic acids is 1. The zero-order chi connectivity index (χ0) is 12.3. The van der Waals surface area contributed by atoms with Crippen molar-refractivity contribution in [1.29, 1.82) is 0 Å². The van der Waals surface area contributed by atoms with Gasteiger partial charge in [0.2, 0.25) is 0 Å². The van der Waals surface area contributed by atoms with E-state index < -0.39 is 23.6 Å². The van der Waals surface area contributed by atoms with Gasteiger partial charge in [-0.05, 0) is 19.1 Å². The average Bonchev–Trinajstić information content (AvgIpc) is 2.20. The van der Waals surface area contributed by atoms with Gasteiger partial charge in [0.05, 0.1) is 16.7 Å². The van der Waals surface area contributed by atoms with Crippen molar-refractivity contribution in [3.05, 3.63) is 34.4 Å². The lowest BCUT2D eigenvalue weighted by Crippen LogP contribution is -2.30. The second-order valence-corrected chi connectivity index (χ2v) is 3.71. The monoisotopic (exact) mass is 249 g/mol. The quantitative estimate of drug-likeness (QED) is 0.802. The van der Waals surface area contributed by atoms with E-state index in [0.29, 0.717) is 0 Å². The summed E-state index contributed by atoms with van der Waals surface area (Å²) in [5, 5.41) is 11.1. The van der Waals surface area contributed by atoms with Gasteiger partial charge in [0.15, 0.2) is 11.6 Å². The topological polar surface area (TPSA) is 49.3 Å². The molecular formula is C10H10ClF2NO2. The molecule has 1 atom stereocenters. The third-order valence-electron chi connectivity index (χ3n) is 1.81. The summed E-state index contributed by atoms with van der Waals surface area (Å²) in [6, 6.07) is 1.45. The molecule has 0 aliphatic heterocycles. The van der Waals surface area contributed by atoms with Crippen molar-refractivity contribution >= 4 is 17.5 Å². The lowest BCUT2D eigenvalue weighted by atomic mass is 10.2. The second kappa shape index (κ2) is 5.23. The Kier molecular flexibility index (Phi) is 4.20. The molecule has 1 amide bonds. The largest absolute Gasteiger partial charge is 0.392 e. The zero-order valence-electron chi connectivity index (χ0n) is 8.43. The molecular weight excluding hydrogens is 240 g/mol. The van der Waals surface area contributed by atoms with Crippen molar-refractivity contribution in [2.45, 2.75) is 13.0 Å². The normalized spacial score (nSPS) is 12.3. The van der Waals surface area contributed by atoms with Crippen LogP contribution in [0.15, 0.2) is 12.1 Å². The molecule has 6 heteroatoms. The number of benzene rings is 1. The summed E-state index contributed by atoms with van der Waals surface area (Å²) in [6.07, 6.45) is -0.729. The molecule has 1 aromatic carbocycles. The van der Waals surface area contributed by atoms with Crippen LogP contribution in [0.1, 0.15) is 17.3 Å². The maximum absolute atomic E-state index is 12.9. The smallest absolute Gasteiger partial charge is 0.252 e. The maximum Gasteiger partial charge on any atom is 0.252 e. The number of halogens is 3. The minimum absolute atomic E-state index is 0.00809. The molecule has 0 spiro atoms. The fourth-order valence-corrected chi connectivity index (χ4v) is 1.27. The molecule has 1 rings (SSSR count). The molecule has 0 aliphatic rings. The first-order valence-electron chi connectivity index (χ1n) is 4.52. The van der Waals surface area contributed by atoms with Gasteiger partial charge >= 0.3 is 0 Å². The van der Waals surface area contributed by atoms with Gasteiger partial charge < -0.3 is 10.4 Å². The molecule has 0 fully saturated rings. The number of rotatable bonds is 3. The van der Waals surface area contributed by atoms with E-state index in [1.165, 1.54) is 6.92 Å². The van der Waals surface area contributed by atoms with E-state index in [0.717, 1.165) is 12.1 Å². The Hall–Kier alpha value is -1.20. The molecule has 0 heterocycles. The molecule has 88 valence electrons. The third kappa shape index (κ3) is 3.15. The summed E-state index contributed by atoms with van der Waals surface area (Å²) in [7, 11) is 0. The highest BCUT2D eigenvalue weighted by molar-refractivity contribution is 6.33. The summed E-state index contributed by atoms with van der Waals surface area (Å²) in [5.41, 5.74) is -0.166. The van der Waals surface area contributed by atoms with Crippen LogP contribution in [0.25, 0.3) is 0 Å². The van der Waals surface area contributed by atoms with Crippen molar-refractivity contribution in [2.24, 2.45) is 0 Å². The Morgan fingerprint density at radius 2 is 2.06 bits per heavy atom. The molecule has 0 bridgehead atoms. The lowest BCUT2D eigenvalue weighted by Gasteiger charge is -2.08. The van der Waals surface area contributed by atoms with Crippen molar-refractivity contribution in [2.75, 3.05) is 6.54 Å². The first-order chi connectivity index (χ1) is 7.41. The van der Waals surface area contributed by atoms with Crippen LogP contribution < -0.4 is 5.32 Å². The van der Waals surface area contributed by atoms with Crippen molar-refractivity contribution in [3.63, 3.8) is 0 Å². The Morgan fingerprint density at radius 3 is 2.62 bits per heavy atom. The van der Waals surface area contributed by atoms with E-state index in [1.807, 2.05) is 0 Å². The van der Waals surface area contributed by atoms with Gasteiger partial charge in [-0.2, -0.15) is 0 Å². The van der Waals surface area contributed by atoms with Gasteiger partial charge in [0.25, 0.3) is 5.91 Å². The van der Waals surface area contributed by atoms with Crippen LogP contribution in [-0.2, 0) is 0 Å². The summed E-state index contributed by atoms with van der Waals surface area (Å²) in [6.45, 7) is 1.49. The van der Waals surface area contributed by atoms with Gasteiger partial charge in [-0.1, -0.05) is 11.6 Å². The zero-order valence-corrected chi connectivity index (χ0v) is 9.18. The Labute approximate surface area is 96.0 Å². The Bertz CT molecular complexity index is 410. The minimum Gasteiger partial charge on any atom is -0.392 e. The minimum atomic E-state index is -1.15. The molecule has 16 heavy (non-hydrogen) atoms. The van der Waals surface area contributed by atoms with E-state index >= 15 is 0 Å². The van der Waals surface area contributed by atoms with Crippen LogP contribution in [0.2, 0.25) is 5.02 Å². The number of carbonyl (C=O) groups is 1. The van der Waals surface area contributed by atoms with Crippen molar-refractivity contribution < 1.29 is 18.7 Å². The first-order valence-corrected chi connectivity index (χ1v) is 4.90. The summed E-state index contributed by atoms with van der Waals surface area (Å²) < 4.78 is 25.6. The van der Waals surface area contributed by atoms with E-state index in [2.05, 4.69) is 5.32 Å². The van der Waals surface area contributed by atoms with Gasteiger partial charge in [-0.15, -0.1) is 0 Å².